The Morgan fingerprint density at radius 2 is 1.67 bits per heavy atom. The number of aryl methyl sites for hydroxylation is 2. The normalized spacial score (nSPS) is 18.2. The number of likely N-dealkylation sites (tertiary alicyclic amines) is 1. The second kappa shape index (κ2) is 6.06. The molecule has 0 aromatic heterocycles. The molecule has 24 heavy (non-hydrogen) atoms. The van der Waals surface area contributed by atoms with E-state index in [9.17, 15) is 4.79 Å². The van der Waals surface area contributed by atoms with Crippen molar-refractivity contribution >= 4 is 5.91 Å². The van der Waals surface area contributed by atoms with Crippen LogP contribution in [0.5, 0.6) is 0 Å². The van der Waals surface area contributed by atoms with Gasteiger partial charge in [-0.25, -0.2) is 0 Å². The Bertz CT molecular complexity index is 757. The summed E-state index contributed by atoms with van der Waals surface area (Å²) in [5.74, 6) is 0.176. The zero-order chi connectivity index (χ0) is 16.7. The molecular weight excluding hydrogens is 296 g/mol. The summed E-state index contributed by atoms with van der Waals surface area (Å²) in [5, 5.41) is 0. The lowest BCUT2D eigenvalue weighted by Gasteiger charge is -2.47. The average molecular weight is 320 g/mol. The minimum absolute atomic E-state index is 0.176. The molecule has 0 unspecified atom stereocenters. The maximum atomic E-state index is 12.7. The summed E-state index contributed by atoms with van der Waals surface area (Å²) >= 11 is 0. The lowest BCUT2D eigenvalue weighted by atomic mass is 9.96. The van der Waals surface area contributed by atoms with Gasteiger partial charge in [-0.3, -0.25) is 9.69 Å². The van der Waals surface area contributed by atoms with Gasteiger partial charge in [-0.15, -0.1) is 0 Å². The summed E-state index contributed by atoms with van der Waals surface area (Å²) in [6.07, 6.45) is 1.12. The number of hydrogen-bond donors (Lipinski definition) is 0. The highest BCUT2D eigenvalue weighted by Gasteiger charge is 2.36. The van der Waals surface area contributed by atoms with E-state index in [2.05, 4.69) is 35.2 Å². The van der Waals surface area contributed by atoms with Gasteiger partial charge in [0.25, 0.3) is 5.91 Å². The van der Waals surface area contributed by atoms with Gasteiger partial charge in [0.15, 0.2) is 0 Å². The molecule has 1 saturated heterocycles. The van der Waals surface area contributed by atoms with E-state index in [0.717, 1.165) is 49.3 Å². The third kappa shape index (κ3) is 2.84. The molecule has 2 heterocycles. The van der Waals surface area contributed by atoms with Gasteiger partial charge in [0.1, 0.15) is 0 Å². The van der Waals surface area contributed by atoms with Crippen molar-refractivity contribution in [1.29, 1.82) is 0 Å². The highest BCUT2D eigenvalue weighted by molar-refractivity contribution is 5.95. The summed E-state index contributed by atoms with van der Waals surface area (Å²) in [6, 6.07) is 15.3. The van der Waals surface area contributed by atoms with E-state index < -0.39 is 0 Å². The first-order valence-electron chi connectivity index (χ1n) is 8.78. The first-order valence-corrected chi connectivity index (χ1v) is 8.78. The van der Waals surface area contributed by atoms with E-state index in [1.54, 1.807) is 0 Å². The van der Waals surface area contributed by atoms with Crippen LogP contribution < -0.4 is 0 Å². The minimum Gasteiger partial charge on any atom is -0.335 e. The second-order valence-electron chi connectivity index (χ2n) is 7.23. The topological polar surface area (TPSA) is 23.6 Å². The van der Waals surface area contributed by atoms with Gasteiger partial charge in [0, 0.05) is 37.8 Å². The van der Waals surface area contributed by atoms with Crippen molar-refractivity contribution in [2.24, 2.45) is 0 Å². The molecule has 0 atom stereocenters. The van der Waals surface area contributed by atoms with Crippen LogP contribution in [0, 0.1) is 13.8 Å². The standard InChI is InChI=1S/C21H24N2O/c1-15-9-16(2)11-19(10-15)21(24)23-13-20(14-23)22-8-7-17-5-3-4-6-18(17)12-22/h3-6,9-11,20H,7-8,12-14H2,1-2H3. The molecule has 2 aromatic rings. The maximum Gasteiger partial charge on any atom is 0.253 e. The quantitative estimate of drug-likeness (QED) is 0.848. The van der Waals surface area contributed by atoms with E-state index in [1.807, 2.05) is 30.9 Å². The van der Waals surface area contributed by atoms with Gasteiger partial charge >= 0.3 is 0 Å². The van der Waals surface area contributed by atoms with Crippen LogP contribution in [-0.4, -0.2) is 41.4 Å². The van der Waals surface area contributed by atoms with Crippen molar-refractivity contribution in [2.45, 2.75) is 32.9 Å². The van der Waals surface area contributed by atoms with Gasteiger partial charge in [0.2, 0.25) is 0 Å². The van der Waals surface area contributed by atoms with Crippen molar-refractivity contribution in [1.82, 2.24) is 9.80 Å². The Balaban J connectivity index is 1.39. The van der Waals surface area contributed by atoms with Gasteiger partial charge in [-0.1, -0.05) is 41.5 Å². The first-order chi connectivity index (χ1) is 11.6. The van der Waals surface area contributed by atoms with Crippen molar-refractivity contribution in [3.8, 4) is 0 Å². The van der Waals surface area contributed by atoms with E-state index >= 15 is 0 Å². The number of rotatable bonds is 2. The van der Waals surface area contributed by atoms with Gasteiger partial charge in [-0.05, 0) is 43.5 Å². The molecule has 2 aliphatic heterocycles. The molecule has 1 amide bonds. The highest BCUT2D eigenvalue weighted by Crippen LogP contribution is 2.25. The van der Waals surface area contributed by atoms with Crippen molar-refractivity contribution in [3.05, 3.63) is 70.3 Å². The summed E-state index contributed by atoms with van der Waals surface area (Å²) in [5.41, 5.74) is 6.07. The SMILES string of the molecule is Cc1cc(C)cc(C(=O)N2CC(N3CCc4ccccc4C3)C2)c1. The van der Waals surface area contributed by atoms with Gasteiger partial charge in [0.05, 0.1) is 0 Å². The average Bonchev–Trinajstić information content (AvgIpc) is 2.52. The second-order valence-corrected chi connectivity index (χ2v) is 7.23. The number of carbonyl (C=O) groups is 1. The molecule has 0 saturated carbocycles. The summed E-state index contributed by atoms with van der Waals surface area (Å²) < 4.78 is 0. The molecule has 0 N–H and O–H groups in total. The number of carbonyl (C=O) groups excluding carboxylic acids is 1. The Kier molecular flexibility index (Phi) is 3.89. The minimum atomic E-state index is 0.176. The first kappa shape index (κ1) is 15.4. The summed E-state index contributed by atoms with van der Waals surface area (Å²) in [6.45, 7) is 7.93. The van der Waals surface area contributed by atoms with Gasteiger partial charge < -0.3 is 4.90 Å². The maximum absolute atomic E-state index is 12.7. The van der Waals surface area contributed by atoms with Crippen molar-refractivity contribution in [2.75, 3.05) is 19.6 Å². The molecule has 1 fully saturated rings. The molecule has 2 aromatic carbocycles. The predicted octanol–water partition coefficient (Wildman–Crippen LogP) is 3.19. The summed E-state index contributed by atoms with van der Waals surface area (Å²) in [4.78, 5) is 17.2. The summed E-state index contributed by atoms with van der Waals surface area (Å²) in [7, 11) is 0. The molecule has 0 bridgehead atoms. The highest BCUT2D eigenvalue weighted by atomic mass is 16.2. The number of amides is 1. The third-order valence-electron chi connectivity index (χ3n) is 5.29. The van der Waals surface area contributed by atoms with Crippen LogP contribution in [-0.2, 0) is 13.0 Å². The fourth-order valence-electron chi connectivity index (χ4n) is 3.96. The lowest BCUT2D eigenvalue weighted by molar-refractivity contribution is 0.0218. The van der Waals surface area contributed by atoms with Crippen LogP contribution in [0.25, 0.3) is 0 Å². The molecule has 124 valence electrons. The van der Waals surface area contributed by atoms with E-state index in [4.69, 9.17) is 0 Å². The monoisotopic (exact) mass is 320 g/mol. The number of benzene rings is 2. The molecule has 0 spiro atoms. The molecule has 3 heteroatoms. The fraction of sp³-hybridized carbons (Fsp3) is 0.381. The number of hydrogen-bond acceptors (Lipinski definition) is 2. The fourth-order valence-corrected chi connectivity index (χ4v) is 3.96. The van der Waals surface area contributed by atoms with E-state index in [0.29, 0.717) is 6.04 Å². The molecule has 2 aliphatic rings. The Hall–Kier alpha value is -2.13. The van der Waals surface area contributed by atoms with Gasteiger partial charge in [-0.2, -0.15) is 0 Å². The van der Waals surface area contributed by atoms with Crippen molar-refractivity contribution in [3.63, 3.8) is 0 Å². The number of nitrogens with zero attached hydrogens (tertiary/aromatic N) is 2. The largest absolute Gasteiger partial charge is 0.335 e. The van der Waals surface area contributed by atoms with E-state index in [1.165, 1.54) is 11.1 Å². The molecule has 4 rings (SSSR count). The van der Waals surface area contributed by atoms with Crippen LogP contribution in [0.2, 0.25) is 0 Å². The third-order valence-corrected chi connectivity index (χ3v) is 5.29. The van der Waals surface area contributed by atoms with Crippen molar-refractivity contribution < 1.29 is 4.79 Å². The zero-order valence-electron chi connectivity index (χ0n) is 14.5. The van der Waals surface area contributed by atoms with Crippen LogP contribution in [0.3, 0.4) is 0 Å². The lowest BCUT2D eigenvalue weighted by Crippen LogP contribution is -2.61. The molecule has 3 nitrogen and oxygen atoms in total. The van der Waals surface area contributed by atoms with Crippen LogP contribution in [0.1, 0.15) is 32.6 Å². The Labute approximate surface area is 143 Å². The molecule has 0 radical (unpaired) electrons. The molecule has 0 aliphatic carbocycles. The van der Waals surface area contributed by atoms with Crippen LogP contribution in [0.4, 0.5) is 0 Å². The number of fused-ring (bicyclic) bond motifs is 1. The van der Waals surface area contributed by atoms with Crippen LogP contribution >= 0.6 is 0 Å². The van der Waals surface area contributed by atoms with E-state index in [-0.39, 0.29) is 5.91 Å². The molecular formula is C21H24N2O. The predicted molar refractivity (Wildman–Crippen MR) is 96.2 cm³/mol. The smallest absolute Gasteiger partial charge is 0.253 e. The van der Waals surface area contributed by atoms with Crippen LogP contribution in [0.15, 0.2) is 42.5 Å². The Morgan fingerprint density at radius 1 is 1.00 bits per heavy atom. The zero-order valence-corrected chi connectivity index (χ0v) is 14.5. The Morgan fingerprint density at radius 3 is 2.38 bits per heavy atom.